The van der Waals surface area contributed by atoms with Crippen molar-refractivity contribution in [1.29, 1.82) is 0 Å². The number of amides is 2. The Morgan fingerprint density at radius 3 is 2.69 bits per heavy atom. The van der Waals surface area contributed by atoms with Crippen molar-refractivity contribution in [2.75, 3.05) is 13.1 Å². The second-order valence-corrected chi connectivity index (χ2v) is 9.15. The topological polar surface area (TPSA) is 73.5 Å². The third-order valence-electron chi connectivity index (χ3n) is 5.74. The zero-order valence-electron chi connectivity index (χ0n) is 16.7. The summed E-state index contributed by atoms with van der Waals surface area (Å²) in [4.78, 5) is 27.1. The van der Waals surface area contributed by atoms with Gasteiger partial charge in [0.25, 0.3) is 0 Å². The SMILES string of the molecule is CC(C)NC(=O)C1CCN(C2NC(=O)C3SC=C(c4ccccc4F)C3N2)CC1. The first kappa shape index (κ1) is 20.4. The zero-order chi connectivity index (χ0) is 20.5. The molecule has 1 aromatic rings. The summed E-state index contributed by atoms with van der Waals surface area (Å²) >= 11 is 1.43. The number of nitrogens with zero attached hydrogens (tertiary/aromatic N) is 1. The van der Waals surface area contributed by atoms with Crippen LogP contribution in [0.1, 0.15) is 32.3 Å². The predicted octanol–water partition coefficient (Wildman–Crippen LogP) is 1.89. The summed E-state index contributed by atoms with van der Waals surface area (Å²) in [7, 11) is 0. The number of likely N-dealkylation sites (tertiary alicyclic amines) is 1. The largest absolute Gasteiger partial charge is 0.354 e. The van der Waals surface area contributed by atoms with Crippen molar-refractivity contribution in [2.45, 2.75) is 50.3 Å². The van der Waals surface area contributed by atoms with Crippen LogP contribution < -0.4 is 16.0 Å². The fraction of sp³-hybridized carbons (Fsp3) is 0.524. The van der Waals surface area contributed by atoms with E-state index >= 15 is 0 Å². The van der Waals surface area contributed by atoms with Crippen molar-refractivity contribution in [2.24, 2.45) is 5.92 Å². The van der Waals surface area contributed by atoms with Gasteiger partial charge >= 0.3 is 0 Å². The Kier molecular flexibility index (Phi) is 5.94. The van der Waals surface area contributed by atoms with E-state index in [-0.39, 0.29) is 47.2 Å². The summed E-state index contributed by atoms with van der Waals surface area (Å²) in [5, 5.41) is 11.1. The van der Waals surface area contributed by atoms with Crippen molar-refractivity contribution in [3.05, 3.63) is 41.1 Å². The molecule has 0 aromatic heterocycles. The van der Waals surface area contributed by atoms with Gasteiger partial charge in [0.15, 0.2) is 0 Å². The molecule has 0 saturated carbocycles. The van der Waals surface area contributed by atoms with Gasteiger partial charge in [0.05, 0.1) is 6.04 Å². The molecule has 3 aliphatic rings. The van der Waals surface area contributed by atoms with Crippen molar-refractivity contribution in [3.63, 3.8) is 0 Å². The molecule has 3 unspecified atom stereocenters. The molecule has 3 aliphatic heterocycles. The van der Waals surface area contributed by atoms with Gasteiger partial charge in [0.2, 0.25) is 11.8 Å². The number of piperidine rings is 1. The number of fused-ring (bicyclic) bond motifs is 1. The van der Waals surface area contributed by atoms with Gasteiger partial charge in [0.1, 0.15) is 17.4 Å². The molecular weight excluding hydrogens is 391 g/mol. The van der Waals surface area contributed by atoms with Crippen LogP contribution in [-0.2, 0) is 9.59 Å². The summed E-state index contributed by atoms with van der Waals surface area (Å²) in [6.07, 6.45) is 1.20. The first-order valence-electron chi connectivity index (χ1n) is 10.2. The number of hydrogen-bond acceptors (Lipinski definition) is 5. The molecule has 4 rings (SSSR count). The lowest BCUT2D eigenvalue weighted by atomic mass is 9.94. The molecule has 0 aliphatic carbocycles. The fourth-order valence-electron chi connectivity index (χ4n) is 4.23. The first-order valence-corrected chi connectivity index (χ1v) is 11.1. The minimum Gasteiger partial charge on any atom is -0.354 e. The zero-order valence-corrected chi connectivity index (χ0v) is 17.5. The number of carbonyl (C=O) groups excluding carboxylic acids is 2. The molecule has 0 spiro atoms. The normalized spacial score (nSPS) is 28.1. The Morgan fingerprint density at radius 2 is 2.00 bits per heavy atom. The quantitative estimate of drug-likeness (QED) is 0.697. The van der Waals surface area contributed by atoms with Gasteiger partial charge < -0.3 is 10.6 Å². The number of benzene rings is 1. The Balaban J connectivity index is 1.42. The van der Waals surface area contributed by atoms with Crippen LogP contribution in [0.4, 0.5) is 4.39 Å². The van der Waals surface area contributed by atoms with E-state index in [1.54, 1.807) is 12.1 Å². The first-order chi connectivity index (χ1) is 13.9. The average Bonchev–Trinajstić information content (AvgIpc) is 3.12. The van der Waals surface area contributed by atoms with Crippen LogP contribution in [0.25, 0.3) is 5.57 Å². The molecule has 2 fully saturated rings. The summed E-state index contributed by atoms with van der Waals surface area (Å²) in [6, 6.07) is 6.58. The van der Waals surface area contributed by atoms with Crippen molar-refractivity contribution in [3.8, 4) is 0 Å². The number of thioether (sulfide) groups is 1. The lowest BCUT2D eigenvalue weighted by Gasteiger charge is -2.43. The number of halogens is 1. The molecule has 1 aromatic carbocycles. The molecule has 29 heavy (non-hydrogen) atoms. The minimum absolute atomic E-state index is 0.0107. The molecule has 3 atom stereocenters. The average molecular weight is 419 g/mol. The van der Waals surface area contributed by atoms with Gasteiger partial charge in [-0.1, -0.05) is 18.2 Å². The molecule has 8 heteroatoms. The van der Waals surface area contributed by atoms with E-state index in [0.717, 1.165) is 31.5 Å². The van der Waals surface area contributed by atoms with Gasteiger partial charge in [-0.15, -0.1) is 11.8 Å². The third-order valence-corrected chi connectivity index (χ3v) is 6.91. The lowest BCUT2D eigenvalue weighted by Crippen LogP contribution is -2.68. The molecule has 0 bridgehead atoms. The van der Waals surface area contributed by atoms with E-state index in [0.29, 0.717) is 5.56 Å². The molecule has 6 nitrogen and oxygen atoms in total. The molecule has 156 valence electrons. The number of hydrogen-bond donors (Lipinski definition) is 3. The number of nitrogens with one attached hydrogen (secondary N) is 3. The summed E-state index contributed by atoms with van der Waals surface area (Å²) in [5.41, 5.74) is 1.36. The van der Waals surface area contributed by atoms with Crippen LogP contribution >= 0.6 is 11.8 Å². The maximum absolute atomic E-state index is 14.3. The highest BCUT2D eigenvalue weighted by atomic mass is 32.2. The second-order valence-electron chi connectivity index (χ2n) is 8.14. The summed E-state index contributed by atoms with van der Waals surface area (Å²) in [5.74, 6) is -0.193. The lowest BCUT2D eigenvalue weighted by molar-refractivity contribution is -0.130. The van der Waals surface area contributed by atoms with Gasteiger partial charge in [-0.2, -0.15) is 0 Å². The Bertz CT molecular complexity index is 823. The van der Waals surface area contributed by atoms with E-state index in [9.17, 15) is 14.0 Å². The molecule has 3 N–H and O–H groups in total. The number of rotatable bonds is 4. The minimum atomic E-state index is -0.313. The Labute approximate surface area is 174 Å². The summed E-state index contributed by atoms with van der Waals surface area (Å²) < 4.78 is 14.3. The van der Waals surface area contributed by atoms with E-state index in [1.807, 2.05) is 25.3 Å². The van der Waals surface area contributed by atoms with Crippen LogP contribution in [0.5, 0.6) is 0 Å². The van der Waals surface area contributed by atoms with Crippen molar-refractivity contribution < 1.29 is 14.0 Å². The van der Waals surface area contributed by atoms with Crippen molar-refractivity contribution in [1.82, 2.24) is 20.9 Å². The van der Waals surface area contributed by atoms with Crippen LogP contribution in [0, 0.1) is 11.7 Å². The molecule has 0 radical (unpaired) electrons. The predicted molar refractivity (Wildman–Crippen MR) is 112 cm³/mol. The fourth-order valence-corrected chi connectivity index (χ4v) is 5.37. The van der Waals surface area contributed by atoms with Crippen molar-refractivity contribution >= 4 is 29.1 Å². The van der Waals surface area contributed by atoms with Crippen LogP contribution in [-0.4, -0.2) is 53.4 Å². The Hall–Kier alpha value is -1.90. The van der Waals surface area contributed by atoms with Gasteiger partial charge in [0, 0.05) is 30.6 Å². The van der Waals surface area contributed by atoms with Crippen LogP contribution in [0.2, 0.25) is 0 Å². The van der Waals surface area contributed by atoms with E-state index in [4.69, 9.17) is 0 Å². The van der Waals surface area contributed by atoms with Gasteiger partial charge in [-0.3, -0.25) is 19.8 Å². The second kappa shape index (κ2) is 8.45. The summed E-state index contributed by atoms with van der Waals surface area (Å²) in [6.45, 7) is 5.37. The molecule has 2 saturated heterocycles. The van der Waals surface area contributed by atoms with Crippen LogP contribution in [0.3, 0.4) is 0 Å². The molecular formula is C21H27FN4O2S. The standard InChI is InChI=1S/C21H27FN4O2S/c1-12(2)23-19(27)13-7-9-26(10-8-13)21-24-17-15(11-29-18(17)20(28)25-21)14-5-3-4-6-16(14)22/h3-6,11-13,17-18,21,24H,7-10H2,1-2H3,(H,23,27)(H,25,28). The maximum Gasteiger partial charge on any atom is 0.237 e. The highest BCUT2D eigenvalue weighted by Crippen LogP contribution is 2.39. The van der Waals surface area contributed by atoms with E-state index in [2.05, 4.69) is 20.9 Å². The highest BCUT2D eigenvalue weighted by molar-refractivity contribution is 8.04. The van der Waals surface area contributed by atoms with E-state index < -0.39 is 0 Å². The van der Waals surface area contributed by atoms with Gasteiger partial charge in [-0.25, -0.2) is 4.39 Å². The molecule has 3 heterocycles. The third kappa shape index (κ3) is 4.20. The van der Waals surface area contributed by atoms with Crippen LogP contribution in [0.15, 0.2) is 29.7 Å². The van der Waals surface area contributed by atoms with Gasteiger partial charge in [-0.05, 0) is 43.7 Å². The van der Waals surface area contributed by atoms with E-state index in [1.165, 1.54) is 17.8 Å². The monoisotopic (exact) mass is 418 g/mol. The highest BCUT2D eigenvalue weighted by Gasteiger charge is 2.44. The number of carbonyl (C=O) groups is 2. The maximum atomic E-state index is 14.3. The Morgan fingerprint density at radius 1 is 1.28 bits per heavy atom. The smallest absolute Gasteiger partial charge is 0.237 e. The molecule has 2 amide bonds.